The van der Waals surface area contributed by atoms with Gasteiger partial charge in [-0.2, -0.15) is 0 Å². The topological polar surface area (TPSA) is 87.5 Å². The molecule has 1 aromatic carbocycles. The number of anilines is 1. The Hall–Kier alpha value is -2.71. The highest BCUT2D eigenvalue weighted by Crippen LogP contribution is 2.38. The number of nitro benzene ring substituents is 1. The first-order valence-corrected chi connectivity index (χ1v) is 9.16. The third-order valence-corrected chi connectivity index (χ3v) is 5.76. The van der Waals surface area contributed by atoms with E-state index in [1.54, 1.807) is 29.5 Å². The van der Waals surface area contributed by atoms with Crippen LogP contribution in [-0.4, -0.2) is 35.5 Å². The highest BCUT2D eigenvalue weighted by molar-refractivity contribution is 7.16. The molecule has 1 amide bonds. The number of fused-ring (bicyclic) bond motifs is 3. The number of likely N-dealkylation sites (N-methyl/N-ethyl adjacent to an activating group) is 1. The third-order valence-electron chi connectivity index (χ3n) is 4.61. The van der Waals surface area contributed by atoms with Gasteiger partial charge in [-0.1, -0.05) is 18.2 Å². The van der Waals surface area contributed by atoms with Gasteiger partial charge in [0.15, 0.2) is 0 Å². The summed E-state index contributed by atoms with van der Waals surface area (Å²) in [5, 5.41) is 18.1. The second kappa shape index (κ2) is 6.54. The van der Waals surface area contributed by atoms with Crippen LogP contribution in [0, 0.1) is 10.1 Å². The van der Waals surface area contributed by atoms with Gasteiger partial charge in [0.2, 0.25) is 0 Å². The van der Waals surface area contributed by atoms with Crippen molar-refractivity contribution in [1.29, 1.82) is 0 Å². The van der Waals surface area contributed by atoms with Crippen LogP contribution in [0.3, 0.4) is 0 Å². The number of nitrogens with one attached hydrogen (secondary N) is 2. The van der Waals surface area contributed by atoms with Crippen LogP contribution in [-0.2, 0) is 13.0 Å². The number of carbonyl (C=O) groups is 1. The average molecular weight is 370 g/mol. The predicted molar refractivity (Wildman–Crippen MR) is 101 cm³/mol. The summed E-state index contributed by atoms with van der Waals surface area (Å²) in [6, 6.07) is 6.40. The number of amides is 1. The standard InChI is InChI=1S/C18H18N4O3S/c1-21-8-7-13-14(10-21)26-18-16(13)17(23)19-15(20-18)6-5-11-3-2-4-12(9-11)22(24)25/h2-6,9,15,20H,7-8,10H2,1H3,(H,19,23)/b6-5+/t15-/m1/s1. The summed E-state index contributed by atoms with van der Waals surface area (Å²) in [5.41, 5.74) is 2.70. The van der Waals surface area contributed by atoms with Crippen molar-refractivity contribution >= 4 is 34.0 Å². The number of carbonyl (C=O) groups excluding carboxylic acids is 1. The van der Waals surface area contributed by atoms with Crippen LogP contribution >= 0.6 is 11.3 Å². The van der Waals surface area contributed by atoms with E-state index >= 15 is 0 Å². The van der Waals surface area contributed by atoms with Gasteiger partial charge in [-0.15, -0.1) is 11.3 Å². The molecule has 1 atom stereocenters. The fraction of sp³-hybridized carbons (Fsp3) is 0.278. The average Bonchev–Trinajstić information content (AvgIpc) is 2.97. The minimum Gasteiger partial charge on any atom is -0.353 e. The number of rotatable bonds is 3. The number of nitro groups is 1. The van der Waals surface area contributed by atoms with Gasteiger partial charge < -0.3 is 15.5 Å². The smallest absolute Gasteiger partial charge is 0.270 e. The number of benzene rings is 1. The molecule has 0 bridgehead atoms. The van der Waals surface area contributed by atoms with Crippen molar-refractivity contribution in [2.75, 3.05) is 18.9 Å². The summed E-state index contributed by atoms with van der Waals surface area (Å²) >= 11 is 1.64. The first-order valence-electron chi connectivity index (χ1n) is 8.34. The Morgan fingerprint density at radius 2 is 2.23 bits per heavy atom. The van der Waals surface area contributed by atoms with Crippen LogP contribution in [0.25, 0.3) is 6.08 Å². The third kappa shape index (κ3) is 3.09. The second-order valence-corrected chi connectivity index (χ2v) is 7.61. The first-order chi connectivity index (χ1) is 12.5. The Labute approximate surface area is 154 Å². The zero-order valence-electron chi connectivity index (χ0n) is 14.2. The van der Waals surface area contributed by atoms with E-state index in [-0.39, 0.29) is 17.8 Å². The van der Waals surface area contributed by atoms with E-state index in [4.69, 9.17) is 0 Å². The van der Waals surface area contributed by atoms with Gasteiger partial charge in [-0.05, 0) is 30.7 Å². The van der Waals surface area contributed by atoms with Gasteiger partial charge in [0.25, 0.3) is 11.6 Å². The molecular weight excluding hydrogens is 352 g/mol. The van der Waals surface area contributed by atoms with Crippen molar-refractivity contribution in [2.24, 2.45) is 0 Å². The second-order valence-electron chi connectivity index (χ2n) is 6.50. The van der Waals surface area contributed by atoms with Gasteiger partial charge in [0.1, 0.15) is 11.2 Å². The zero-order valence-corrected chi connectivity index (χ0v) is 15.0. The Balaban J connectivity index is 1.55. The number of hydrogen-bond acceptors (Lipinski definition) is 6. The lowest BCUT2D eigenvalue weighted by atomic mass is 10.0. The maximum atomic E-state index is 12.6. The van der Waals surface area contributed by atoms with Gasteiger partial charge in [-0.3, -0.25) is 14.9 Å². The molecule has 4 rings (SSSR count). The van der Waals surface area contributed by atoms with E-state index in [2.05, 4.69) is 22.6 Å². The lowest BCUT2D eigenvalue weighted by Gasteiger charge is -2.25. The van der Waals surface area contributed by atoms with Crippen LogP contribution < -0.4 is 10.6 Å². The zero-order chi connectivity index (χ0) is 18.3. The molecule has 0 spiro atoms. The molecule has 8 heteroatoms. The van der Waals surface area contributed by atoms with E-state index in [0.717, 1.165) is 35.6 Å². The van der Waals surface area contributed by atoms with Crippen molar-refractivity contribution in [3.05, 3.63) is 62.0 Å². The Morgan fingerprint density at radius 3 is 3.04 bits per heavy atom. The molecule has 0 aliphatic carbocycles. The fourth-order valence-electron chi connectivity index (χ4n) is 3.31. The maximum absolute atomic E-state index is 12.6. The first kappa shape index (κ1) is 16.7. The Morgan fingerprint density at radius 1 is 1.38 bits per heavy atom. The highest BCUT2D eigenvalue weighted by atomic mass is 32.1. The van der Waals surface area contributed by atoms with Gasteiger partial charge in [0.05, 0.1) is 10.5 Å². The molecule has 1 aromatic heterocycles. The molecule has 26 heavy (non-hydrogen) atoms. The monoisotopic (exact) mass is 370 g/mol. The van der Waals surface area contributed by atoms with E-state index in [0.29, 0.717) is 5.56 Å². The molecule has 0 saturated carbocycles. The maximum Gasteiger partial charge on any atom is 0.270 e. The summed E-state index contributed by atoms with van der Waals surface area (Å²) in [5.74, 6) is -0.0607. The normalized spacial score (nSPS) is 19.6. The molecule has 2 aliphatic heterocycles. The van der Waals surface area contributed by atoms with Crippen LogP contribution in [0.2, 0.25) is 0 Å². The van der Waals surface area contributed by atoms with Crippen LogP contribution in [0.4, 0.5) is 10.7 Å². The molecule has 2 aliphatic rings. The summed E-state index contributed by atoms with van der Waals surface area (Å²) in [6.07, 6.45) is 4.13. The van der Waals surface area contributed by atoms with E-state index < -0.39 is 4.92 Å². The summed E-state index contributed by atoms with van der Waals surface area (Å²) in [4.78, 5) is 26.5. The van der Waals surface area contributed by atoms with Gasteiger partial charge in [0, 0.05) is 30.1 Å². The minimum absolute atomic E-state index is 0.0464. The quantitative estimate of drug-likeness (QED) is 0.641. The molecule has 0 unspecified atom stereocenters. The van der Waals surface area contributed by atoms with Crippen molar-refractivity contribution in [1.82, 2.24) is 10.2 Å². The molecule has 3 heterocycles. The predicted octanol–water partition coefficient (Wildman–Crippen LogP) is 2.84. The number of nitrogens with zero attached hydrogens (tertiary/aromatic N) is 2. The lowest BCUT2D eigenvalue weighted by Crippen LogP contribution is -2.43. The molecular formula is C18H18N4O3S. The van der Waals surface area contributed by atoms with E-state index in [1.807, 2.05) is 6.08 Å². The SMILES string of the molecule is CN1CCc2c(sc3c2C(=O)N[C@@H](/C=C/c2cccc([N+](=O)[O-])c2)N3)C1. The van der Waals surface area contributed by atoms with Crippen molar-refractivity contribution in [2.45, 2.75) is 19.1 Å². The fourth-order valence-corrected chi connectivity index (χ4v) is 4.67. The van der Waals surface area contributed by atoms with Crippen LogP contribution in [0.5, 0.6) is 0 Å². The van der Waals surface area contributed by atoms with Crippen LogP contribution in [0.1, 0.15) is 26.4 Å². The van der Waals surface area contributed by atoms with Crippen LogP contribution in [0.15, 0.2) is 30.3 Å². The number of thiophene rings is 1. The highest BCUT2D eigenvalue weighted by Gasteiger charge is 2.31. The number of hydrogen-bond donors (Lipinski definition) is 2. The van der Waals surface area contributed by atoms with E-state index in [9.17, 15) is 14.9 Å². The molecule has 2 N–H and O–H groups in total. The molecule has 0 fully saturated rings. The van der Waals surface area contributed by atoms with Crippen molar-refractivity contribution in [3.8, 4) is 0 Å². The molecule has 134 valence electrons. The largest absolute Gasteiger partial charge is 0.353 e. The summed E-state index contributed by atoms with van der Waals surface area (Å²) in [7, 11) is 2.08. The molecule has 2 aromatic rings. The number of non-ortho nitro benzene ring substituents is 1. The Bertz CT molecular complexity index is 921. The molecule has 7 nitrogen and oxygen atoms in total. The van der Waals surface area contributed by atoms with Gasteiger partial charge in [-0.25, -0.2) is 0 Å². The van der Waals surface area contributed by atoms with E-state index in [1.165, 1.54) is 17.0 Å². The van der Waals surface area contributed by atoms with Gasteiger partial charge >= 0.3 is 0 Å². The minimum atomic E-state index is -0.419. The lowest BCUT2D eigenvalue weighted by molar-refractivity contribution is -0.384. The van der Waals surface area contributed by atoms with Crippen molar-refractivity contribution in [3.63, 3.8) is 0 Å². The summed E-state index contributed by atoms with van der Waals surface area (Å²) in [6.45, 7) is 1.83. The van der Waals surface area contributed by atoms with Crippen molar-refractivity contribution < 1.29 is 9.72 Å². The summed E-state index contributed by atoms with van der Waals surface area (Å²) < 4.78 is 0. The molecule has 0 radical (unpaired) electrons. The molecule has 0 saturated heterocycles. The Kier molecular flexibility index (Phi) is 4.21.